The Hall–Kier alpha value is -0.650. The largest absolute Gasteiger partial charge is 0.465 e. The summed E-state index contributed by atoms with van der Waals surface area (Å²) in [6.07, 6.45) is 3.26. The monoisotopic (exact) mass is 300 g/mol. The van der Waals surface area contributed by atoms with Crippen molar-refractivity contribution in [1.29, 1.82) is 0 Å². The third kappa shape index (κ3) is 5.57. The van der Waals surface area contributed by atoms with Crippen LogP contribution in [0.4, 0.5) is 0 Å². The molecule has 0 aromatic heterocycles. The molecule has 2 atom stereocenters. The zero-order chi connectivity index (χ0) is 15.9. The number of ether oxygens (including phenoxy) is 2. The highest BCUT2D eigenvalue weighted by Gasteiger charge is 2.39. The lowest BCUT2D eigenvalue weighted by Crippen LogP contribution is -2.54. The van der Waals surface area contributed by atoms with Gasteiger partial charge in [0, 0.05) is 25.7 Å². The first-order valence-corrected chi connectivity index (χ1v) is 8.15. The van der Waals surface area contributed by atoms with Crippen molar-refractivity contribution in [2.24, 2.45) is 0 Å². The van der Waals surface area contributed by atoms with Crippen LogP contribution >= 0.6 is 0 Å². The molecular weight excluding hydrogens is 268 g/mol. The molecule has 0 spiro atoms. The van der Waals surface area contributed by atoms with Crippen molar-refractivity contribution in [2.45, 2.75) is 64.6 Å². The van der Waals surface area contributed by atoms with E-state index in [9.17, 15) is 4.79 Å². The first kappa shape index (κ1) is 18.4. The van der Waals surface area contributed by atoms with Gasteiger partial charge in [0.2, 0.25) is 0 Å². The number of carbonyl (C=O) groups excluding carboxylic acids is 1. The summed E-state index contributed by atoms with van der Waals surface area (Å²) >= 11 is 0. The summed E-state index contributed by atoms with van der Waals surface area (Å²) < 4.78 is 10.5. The van der Waals surface area contributed by atoms with Gasteiger partial charge in [-0.25, -0.2) is 0 Å². The van der Waals surface area contributed by atoms with E-state index in [-0.39, 0.29) is 5.97 Å². The zero-order valence-corrected chi connectivity index (χ0v) is 14.3. The van der Waals surface area contributed by atoms with Crippen molar-refractivity contribution < 1.29 is 14.3 Å². The fourth-order valence-corrected chi connectivity index (χ4v) is 2.98. The van der Waals surface area contributed by atoms with Crippen LogP contribution in [0, 0.1) is 0 Å². The lowest BCUT2D eigenvalue weighted by molar-refractivity contribution is -0.151. The normalized spacial score (nSPS) is 19.3. The van der Waals surface area contributed by atoms with Gasteiger partial charge < -0.3 is 14.8 Å². The maximum absolute atomic E-state index is 12.3. The molecular formula is C16H32N2O3. The van der Waals surface area contributed by atoms with Gasteiger partial charge >= 0.3 is 5.97 Å². The smallest absolute Gasteiger partial charge is 0.326 e. The highest BCUT2D eigenvalue weighted by Crippen LogP contribution is 2.31. The molecule has 124 valence electrons. The highest BCUT2D eigenvalue weighted by molar-refractivity contribution is 5.80. The summed E-state index contributed by atoms with van der Waals surface area (Å²) in [4.78, 5) is 14.8. The Bertz CT molecular complexity index is 321. The van der Waals surface area contributed by atoms with Gasteiger partial charge in [-0.3, -0.25) is 9.69 Å². The van der Waals surface area contributed by atoms with Gasteiger partial charge in [0.15, 0.2) is 0 Å². The van der Waals surface area contributed by atoms with E-state index in [1.165, 1.54) is 12.8 Å². The Morgan fingerprint density at radius 2 is 2.10 bits per heavy atom. The maximum atomic E-state index is 12.3. The molecule has 5 nitrogen and oxygen atoms in total. The Balaban J connectivity index is 2.68. The highest BCUT2D eigenvalue weighted by atomic mass is 16.5. The number of carbonyl (C=O) groups is 1. The molecule has 0 saturated heterocycles. The molecule has 0 amide bonds. The molecule has 2 unspecified atom stereocenters. The Morgan fingerprint density at radius 1 is 1.43 bits per heavy atom. The van der Waals surface area contributed by atoms with E-state index in [0.29, 0.717) is 18.7 Å². The van der Waals surface area contributed by atoms with E-state index >= 15 is 0 Å². The Kier molecular flexibility index (Phi) is 7.63. The van der Waals surface area contributed by atoms with E-state index in [0.717, 1.165) is 26.1 Å². The van der Waals surface area contributed by atoms with Crippen molar-refractivity contribution in [1.82, 2.24) is 10.2 Å². The average molecular weight is 300 g/mol. The predicted octanol–water partition coefficient (Wildman–Crippen LogP) is 1.81. The zero-order valence-electron chi connectivity index (χ0n) is 14.3. The molecule has 1 rings (SSSR count). The van der Waals surface area contributed by atoms with Gasteiger partial charge in [-0.2, -0.15) is 0 Å². The number of nitrogens with zero attached hydrogens (tertiary/aromatic N) is 1. The fraction of sp³-hybridized carbons (Fsp3) is 0.938. The first-order chi connectivity index (χ1) is 9.98. The second kappa shape index (κ2) is 8.71. The number of hydrogen-bond donors (Lipinski definition) is 1. The molecule has 1 aliphatic rings. The van der Waals surface area contributed by atoms with E-state index < -0.39 is 5.54 Å². The summed E-state index contributed by atoms with van der Waals surface area (Å²) in [5, 5.41) is 3.31. The van der Waals surface area contributed by atoms with Crippen LogP contribution in [-0.2, 0) is 14.3 Å². The predicted molar refractivity (Wildman–Crippen MR) is 84.4 cm³/mol. The number of likely N-dealkylation sites (N-methyl/N-ethyl adjacent to an activating group) is 1. The Morgan fingerprint density at radius 3 is 2.57 bits per heavy atom. The first-order valence-electron chi connectivity index (χ1n) is 8.15. The van der Waals surface area contributed by atoms with Crippen LogP contribution in [0.25, 0.3) is 0 Å². The van der Waals surface area contributed by atoms with Crippen LogP contribution in [0.3, 0.4) is 0 Å². The molecule has 1 fully saturated rings. The van der Waals surface area contributed by atoms with Gasteiger partial charge in [-0.15, -0.1) is 0 Å². The van der Waals surface area contributed by atoms with Crippen LogP contribution in [0.2, 0.25) is 0 Å². The maximum Gasteiger partial charge on any atom is 0.326 e. The number of esters is 1. The van der Waals surface area contributed by atoms with Crippen LogP contribution in [-0.4, -0.2) is 61.9 Å². The summed E-state index contributed by atoms with van der Waals surface area (Å²) in [5.41, 5.74) is -0.621. The number of methoxy groups -OCH3 is 1. The van der Waals surface area contributed by atoms with Crippen molar-refractivity contribution >= 4 is 5.97 Å². The minimum absolute atomic E-state index is 0.152. The summed E-state index contributed by atoms with van der Waals surface area (Å²) in [6, 6.07) is 0.976. The van der Waals surface area contributed by atoms with Gasteiger partial charge in [0.1, 0.15) is 5.54 Å². The van der Waals surface area contributed by atoms with E-state index in [1.54, 1.807) is 7.11 Å². The SMILES string of the molecule is CCNC(C)(CC(C)N(CCOC)C1CC1)C(=O)OCC. The second-order valence-corrected chi connectivity index (χ2v) is 6.10. The van der Waals surface area contributed by atoms with E-state index in [1.807, 2.05) is 20.8 Å². The van der Waals surface area contributed by atoms with E-state index in [4.69, 9.17) is 9.47 Å². The molecule has 0 aliphatic heterocycles. The summed E-state index contributed by atoms with van der Waals surface area (Å²) in [7, 11) is 1.73. The summed E-state index contributed by atoms with van der Waals surface area (Å²) in [5.74, 6) is -0.152. The average Bonchev–Trinajstić information content (AvgIpc) is 3.24. The molecule has 5 heteroatoms. The van der Waals surface area contributed by atoms with Crippen molar-refractivity contribution in [3.63, 3.8) is 0 Å². The van der Waals surface area contributed by atoms with Crippen LogP contribution < -0.4 is 5.32 Å². The second-order valence-electron chi connectivity index (χ2n) is 6.10. The van der Waals surface area contributed by atoms with E-state index in [2.05, 4.69) is 17.1 Å². The molecule has 0 aromatic rings. The molecule has 0 bridgehead atoms. The molecule has 1 N–H and O–H groups in total. The van der Waals surface area contributed by atoms with Crippen LogP contribution in [0.5, 0.6) is 0 Å². The molecule has 0 radical (unpaired) electrons. The quantitative estimate of drug-likeness (QED) is 0.590. The molecule has 0 aromatic carbocycles. The summed E-state index contributed by atoms with van der Waals surface area (Å²) in [6.45, 7) is 10.9. The van der Waals surface area contributed by atoms with Gasteiger partial charge in [-0.1, -0.05) is 6.92 Å². The number of rotatable bonds is 11. The standard InChI is InChI=1S/C16H32N2O3/c1-6-17-16(4,15(19)21-7-2)12-13(3)18(10-11-20-5)14-8-9-14/h13-14,17H,6-12H2,1-5H3. The molecule has 1 aliphatic carbocycles. The number of nitrogens with one attached hydrogen (secondary N) is 1. The van der Waals surface area contributed by atoms with Crippen molar-refractivity contribution in [3.8, 4) is 0 Å². The van der Waals surface area contributed by atoms with Gasteiger partial charge in [0.05, 0.1) is 13.2 Å². The minimum atomic E-state index is -0.621. The molecule has 0 heterocycles. The molecule has 1 saturated carbocycles. The number of hydrogen-bond acceptors (Lipinski definition) is 5. The third-order valence-corrected chi connectivity index (χ3v) is 4.13. The molecule has 21 heavy (non-hydrogen) atoms. The lowest BCUT2D eigenvalue weighted by atomic mass is 9.92. The van der Waals surface area contributed by atoms with Gasteiger partial charge in [0.25, 0.3) is 0 Å². The lowest BCUT2D eigenvalue weighted by Gasteiger charge is -2.36. The van der Waals surface area contributed by atoms with Crippen LogP contribution in [0.1, 0.15) is 47.0 Å². The Labute approximate surface area is 129 Å². The van der Waals surface area contributed by atoms with Crippen LogP contribution in [0.15, 0.2) is 0 Å². The van der Waals surface area contributed by atoms with Crippen molar-refractivity contribution in [3.05, 3.63) is 0 Å². The van der Waals surface area contributed by atoms with Crippen molar-refractivity contribution in [2.75, 3.05) is 33.4 Å². The fourth-order valence-electron chi connectivity index (χ4n) is 2.98. The minimum Gasteiger partial charge on any atom is -0.465 e. The topological polar surface area (TPSA) is 50.8 Å². The van der Waals surface area contributed by atoms with Gasteiger partial charge in [-0.05, 0) is 46.6 Å². The third-order valence-electron chi connectivity index (χ3n) is 4.13.